The molecular formula is C21H25FN4O2. The van der Waals surface area contributed by atoms with Crippen LogP contribution in [0.15, 0.2) is 54.6 Å². The van der Waals surface area contributed by atoms with Crippen LogP contribution in [0.3, 0.4) is 0 Å². The third kappa shape index (κ3) is 5.29. The van der Waals surface area contributed by atoms with E-state index in [4.69, 9.17) is 0 Å². The number of halogens is 1. The minimum atomic E-state index is -0.428. The van der Waals surface area contributed by atoms with Gasteiger partial charge in [-0.1, -0.05) is 42.5 Å². The second kappa shape index (κ2) is 9.32. The molecule has 3 amide bonds. The van der Waals surface area contributed by atoms with Gasteiger partial charge in [-0.05, 0) is 30.3 Å². The lowest BCUT2D eigenvalue weighted by Crippen LogP contribution is -2.52. The smallest absolute Gasteiger partial charge is 0.315 e. The summed E-state index contributed by atoms with van der Waals surface area (Å²) in [4.78, 5) is 28.8. The van der Waals surface area contributed by atoms with Crippen LogP contribution in [-0.2, 0) is 11.3 Å². The second-order valence-corrected chi connectivity index (χ2v) is 6.94. The molecule has 1 unspecified atom stereocenters. The molecule has 1 aliphatic heterocycles. The molecule has 2 aromatic rings. The zero-order valence-electron chi connectivity index (χ0n) is 15.9. The Morgan fingerprint density at radius 1 is 1.04 bits per heavy atom. The maximum Gasteiger partial charge on any atom is 0.315 e. The van der Waals surface area contributed by atoms with Gasteiger partial charge >= 0.3 is 6.03 Å². The van der Waals surface area contributed by atoms with E-state index >= 15 is 0 Å². The van der Waals surface area contributed by atoms with Crippen molar-refractivity contribution in [1.82, 2.24) is 20.4 Å². The van der Waals surface area contributed by atoms with Crippen LogP contribution in [0.5, 0.6) is 0 Å². The number of benzene rings is 2. The third-order valence-electron chi connectivity index (χ3n) is 4.85. The number of nitrogens with zero attached hydrogens (tertiary/aromatic N) is 2. The van der Waals surface area contributed by atoms with E-state index in [2.05, 4.69) is 15.5 Å². The van der Waals surface area contributed by atoms with Crippen molar-refractivity contribution >= 4 is 11.9 Å². The van der Waals surface area contributed by atoms with Gasteiger partial charge in [0.15, 0.2) is 0 Å². The van der Waals surface area contributed by atoms with Gasteiger partial charge in [-0.2, -0.15) is 0 Å². The van der Waals surface area contributed by atoms with Crippen LogP contribution in [0.1, 0.15) is 17.2 Å². The average Bonchev–Trinajstić information content (AvgIpc) is 2.72. The zero-order chi connectivity index (χ0) is 19.9. The average molecular weight is 384 g/mol. The molecule has 1 heterocycles. The minimum absolute atomic E-state index is 0.0310. The number of urea groups is 1. The largest absolute Gasteiger partial charge is 0.334 e. The van der Waals surface area contributed by atoms with Crippen molar-refractivity contribution in [3.05, 3.63) is 71.5 Å². The Morgan fingerprint density at radius 3 is 2.46 bits per heavy atom. The summed E-state index contributed by atoms with van der Waals surface area (Å²) >= 11 is 0. The van der Waals surface area contributed by atoms with Crippen molar-refractivity contribution < 1.29 is 14.0 Å². The monoisotopic (exact) mass is 384 g/mol. The number of likely N-dealkylation sites (N-methyl/N-ethyl adjacent to an activating group) is 1. The SMILES string of the molecule is CN1CCN(C(=O)CNC(=O)NCc2ccc(F)cc2)C(c2ccccc2)C1. The quantitative estimate of drug-likeness (QED) is 0.830. The molecule has 0 spiro atoms. The van der Waals surface area contributed by atoms with Crippen LogP contribution < -0.4 is 10.6 Å². The van der Waals surface area contributed by atoms with Gasteiger partial charge in [-0.3, -0.25) is 4.79 Å². The van der Waals surface area contributed by atoms with Crippen molar-refractivity contribution in [2.45, 2.75) is 12.6 Å². The fourth-order valence-electron chi connectivity index (χ4n) is 3.28. The van der Waals surface area contributed by atoms with Crippen molar-refractivity contribution in [2.75, 3.05) is 33.2 Å². The van der Waals surface area contributed by atoms with Crippen LogP contribution in [0.4, 0.5) is 9.18 Å². The Balaban J connectivity index is 1.52. The van der Waals surface area contributed by atoms with Crippen LogP contribution in [-0.4, -0.2) is 55.0 Å². The molecule has 1 fully saturated rings. The Bertz CT molecular complexity index is 798. The first-order chi connectivity index (χ1) is 13.5. The Labute approximate surface area is 164 Å². The van der Waals surface area contributed by atoms with Crippen LogP contribution >= 0.6 is 0 Å². The van der Waals surface area contributed by atoms with E-state index < -0.39 is 6.03 Å². The highest BCUT2D eigenvalue weighted by atomic mass is 19.1. The highest BCUT2D eigenvalue weighted by Gasteiger charge is 2.30. The third-order valence-corrected chi connectivity index (χ3v) is 4.85. The summed E-state index contributed by atoms with van der Waals surface area (Å²) in [6.07, 6.45) is 0. The molecule has 3 rings (SSSR count). The second-order valence-electron chi connectivity index (χ2n) is 6.94. The number of carbonyl (C=O) groups excluding carboxylic acids is 2. The highest BCUT2D eigenvalue weighted by molar-refractivity contribution is 5.84. The van der Waals surface area contributed by atoms with E-state index in [1.807, 2.05) is 42.3 Å². The molecule has 0 bridgehead atoms. The Morgan fingerprint density at radius 2 is 1.75 bits per heavy atom. The summed E-state index contributed by atoms with van der Waals surface area (Å²) in [5.74, 6) is -0.433. The summed E-state index contributed by atoms with van der Waals surface area (Å²) < 4.78 is 12.9. The number of carbonyl (C=O) groups is 2. The van der Waals surface area contributed by atoms with Crippen LogP contribution in [0, 0.1) is 5.82 Å². The van der Waals surface area contributed by atoms with E-state index in [1.165, 1.54) is 12.1 Å². The van der Waals surface area contributed by atoms with Crippen molar-refractivity contribution in [1.29, 1.82) is 0 Å². The summed E-state index contributed by atoms with van der Waals surface area (Å²) in [6.45, 7) is 2.37. The Hall–Kier alpha value is -2.93. The number of rotatable bonds is 5. The summed E-state index contributed by atoms with van der Waals surface area (Å²) in [6, 6.07) is 15.4. The molecule has 28 heavy (non-hydrogen) atoms. The highest BCUT2D eigenvalue weighted by Crippen LogP contribution is 2.24. The molecule has 1 saturated heterocycles. The van der Waals surface area contributed by atoms with Gasteiger partial charge in [0.1, 0.15) is 5.82 Å². The lowest BCUT2D eigenvalue weighted by atomic mass is 10.0. The molecule has 0 aromatic heterocycles. The van der Waals surface area contributed by atoms with Crippen molar-refractivity contribution in [3.63, 3.8) is 0 Å². The number of hydrogen-bond acceptors (Lipinski definition) is 3. The minimum Gasteiger partial charge on any atom is -0.334 e. The first-order valence-corrected chi connectivity index (χ1v) is 9.32. The first kappa shape index (κ1) is 19.8. The Kier molecular flexibility index (Phi) is 6.60. The fraction of sp³-hybridized carbons (Fsp3) is 0.333. The molecule has 0 saturated carbocycles. The zero-order valence-corrected chi connectivity index (χ0v) is 15.9. The van der Waals surface area contributed by atoms with E-state index in [0.717, 1.165) is 24.2 Å². The van der Waals surface area contributed by atoms with Gasteiger partial charge in [-0.25, -0.2) is 9.18 Å². The van der Waals surface area contributed by atoms with Gasteiger partial charge in [0.2, 0.25) is 5.91 Å². The molecular weight excluding hydrogens is 359 g/mol. The van der Waals surface area contributed by atoms with E-state index in [1.54, 1.807) is 12.1 Å². The van der Waals surface area contributed by atoms with Gasteiger partial charge in [0.05, 0.1) is 12.6 Å². The number of nitrogens with one attached hydrogen (secondary N) is 2. The molecule has 2 aromatic carbocycles. The number of piperazine rings is 1. The molecule has 6 nitrogen and oxygen atoms in total. The molecule has 2 N–H and O–H groups in total. The van der Waals surface area contributed by atoms with E-state index in [9.17, 15) is 14.0 Å². The van der Waals surface area contributed by atoms with Gasteiger partial charge in [-0.15, -0.1) is 0 Å². The predicted molar refractivity (Wildman–Crippen MR) is 105 cm³/mol. The molecule has 1 atom stereocenters. The number of hydrogen-bond donors (Lipinski definition) is 2. The molecule has 1 aliphatic rings. The van der Waals surface area contributed by atoms with Gasteiger partial charge in [0.25, 0.3) is 0 Å². The van der Waals surface area contributed by atoms with E-state index in [0.29, 0.717) is 6.54 Å². The lowest BCUT2D eigenvalue weighted by Gasteiger charge is -2.40. The van der Waals surface area contributed by atoms with Crippen LogP contribution in [0.25, 0.3) is 0 Å². The predicted octanol–water partition coefficient (Wildman–Crippen LogP) is 2.14. The van der Waals surface area contributed by atoms with Gasteiger partial charge in [0, 0.05) is 26.2 Å². The van der Waals surface area contributed by atoms with Crippen molar-refractivity contribution in [3.8, 4) is 0 Å². The lowest BCUT2D eigenvalue weighted by molar-refractivity contribution is -0.135. The summed E-state index contributed by atoms with van der Waals surface area (Å²) in [5, 5.41) is 5.29. The standard InChI is InChI=1S/C21H25FN4O2/c1-25-11-12-26(19(15-25)17-5-3-2-4-6-17)20(27)14-24-21(28)23-13-16-7-9-18(22)10-8-16/h2-10,19H,11-15H2,1H3,(H2,23,24,28). The van der Waals surface area contributed by atoms with Gasteiger partial charge < -0.3 is 20.4 Å². The summed E-state index contributed by atoms with van der Waals surface area (Å²) in [5.41, 5.74) is 1.87. The fourth-order valence-corrected chi connectivity index (χ4v) is 3.28. The maximum absolute atomic E-state index is 12.9. The molecule has 0 radical (unpaired) electrons. The first-order valence-electron chi connectivity index (χ1n) is 9.32. The topological polar surface area (TPSA) is 64.7 Å². The normalized spacial score (nSPS) is 17.2. The van der Waals surface area contributed by atoms with Crippen molar-refractivity contribution in [2.24, 2.45) is 0 Å². The molecule has 0 aliphatic carbocycles. The maximum atomic E-state index is 12.9. The number of amides is 3. The van der Waals surface area contributed by atoms with E-state index in [-0.39, 0.29) is 30.9 Å². The molecule has 148 valence electrons. The molecule has 7 heteroatoms. The summed E-state index contributed by atoms with van der Waals surface area (Å²) in [7, 11) is 2.04. The van der Waals surface area contributed by atoms with Crippen LogP contribution in [0.2, 0.25) is 0 Å².